The van der Waals surface area contributed by atoms with Gasteiger partial charge in [-0.25, -0.2) is 4.79 Å². The van der Waals surface area contributed by atoms with E-state index in [9.17, 15) is 9.59 Å². The molecule has 0 aliphatic carbocycles. The van der Waals surface area contributed by atoms with E-state index >= 15 is 0 Å². The molecule has 0 saturated heterocycles. The molecule has 0 unspecified atom stereocenters. The van der Waals surface area contributed by atoms with Crippen LogP contribution in [0.2, 0.25) is 0 Å². The van der Waals surface area contributed by atoms with Crippen LogP contribution in [0.25, 0.3) is 11.0 Å². The molecule has 1 heterocycles. The SMILES string of the molecule is C[C@H](OC(=O)c1ccc2nccnc2c1)C(=O)NCCc1ccccc1. The second-order valence-corrected chi connectivity index (χ2v) is 5.83. The number of nitrogens with one attached hydrogen (secondary N) is 1. The predicted octanol–water partition coefficient (Wildman–Crippen LogP) is 2.53. The smallest absolute Gasteiger partial charge is 0.338 e. The van der Waals surface area contributed by atoms with E-state index < -0.39 is 12.1 Å². The Kier molecular flexibility index (Phi) is 5.53. The number of esters is 1. The first-order chi connectivity index (χ1) is 12.6. The van der Waals surface area contributed by atoms with Crippen molar-refractivity contribution in [1.82, 2.24) is 15.3 Å². The van der Waals surface area contributed by atoms with Gasteiger partial charge >= 0.3 is 5.97 Å². The number of aromatic nitrogens is 2. The number of fused-ring (bicyclic) bond motifs is 1. The van der Waals surface area contributed by atoms with Gasteiger partial charge in [0.2, 0.25) is 0 Å². The van der Waals surface area contributed by atoms with Crippen molar-refractivity contribution in [3.63, 3.8) is 0 Å². The quantitative estimate of drug-likeness (QED) is 0.692. The van der Waals surface area contributed by atoms with Crippen molar-refractivity contribution in [2.45, 2.75) is 19.4 Å². The van der Waals surface area contributed by atoms with Crippen molar-refractivity contribution in [2.24, 2.45) is 0 Å². The molecule has 0 bridgehead atoms. The Morgan fingerprint density at radius 1 is 1.04 bits per heavy atom. The first-order valence-electron chi connectivity index (χ1n) is 8.37. The van der Waals surface area contributed by atoms with Crippen LogP contribution in [-0.2, 0) is 16.0 Å². The topological polar surface area (TPSA) is 81.2 Å². The lowest BCUT2D eigenvalue weighted by Crippen LogP contribution is -2.36. The molecular weight excluding hydrogens is 330 g/mol. The van der Waals surface area contributed by atoms with Crippen molar-refractivity contribution < 1.29 is 14.3 Å². The maximum atomic E-state index is 12.2. The van der Waals surface area contributed by atoms with Crippen LogP contribution < -0.4 is 5.32 Å². The lowest BCUT2D eigenvalue weighted by atomic mass is 10.1. The molecule has 0 spiro atoms. The molecule has 6 nitrogen and oxygen atoms in total. The molecule has 3 aromatic rings. The molecule has 0 radical (unpaired) electrons. The number of rotatable bonds is 6. The molecule has 0 fully saturated rings. The Labute approximate surface area is 151 Å². The molecule has 1 atom stereocenters. The Bertz CT molecular complexity index is 912. The van der Waals surface area contributed by atoms with E-state index in [1.165, 1.54) is 0 Å². The number of nitrogens with zero attached hydrogens (tertiary/aromatic N) is 2. The Morgan fingerprint density at radius 3 is 2.54 bits per heavy atom. The minimum atomic E-state index is -0.879. The number of carbonyl (C=O) groups is 2. The molecule has 1 N–H and O–H groups in total. The van der Waals surface area contributed by atoms with E-state index in [4.69, 9.17) is 4.74 Å². The Morgan fingerprint density at radius 2 is 1.77 bits per heavy atom. The summed E-state index contributed by atoms with van der Waals surface area (Å²) in [6, 6.07) is 14.8. The van der Waals surface area contributed by atoms with Crippen molar-refractivity contribution in [3.8, 4) is 0 Å². The van der Waals surface area contributed by atoms with Crippen molar-refractivity contribution in [1.29, 1.82) is 0 Å². The van der Waals surface area contributed by atoms with Gasteiger partial charge in [-0.2, -0.15) is 0 Å². The van der Waals surface area contributed by atoms with E-state index in [0.717, 1.165) is 12.0 Å². The minimum absolute atomic E-state index is 0.324. The van der Waals surface area contributed by atoms with Gasteiger partial charge < -0.3 is 10.1 Å². The fraction of sp³-hybridized carbons (Fsp3) is 0.200. The third kappa shape index (κ3) is 4.42. The Balaban J connectivity index is 1.53. The summed E-state index contributed by atoms with van der Waals surface area (Å²) in [7, 11) is 0. The van der Waals surface area contributed by atoms with Gasteiger partial charge in [0.25, 0.3) is 5.91 Å². The summed E-state index contributed by atoms with van der Waals surface area (Å²) in [5.41, 5.74) is 2.76. The number of benzene rings is 2. The summed E-state index contributed by atoms with van der Waals surface area (Å²) in [6.07, 6.45) is 2.98. The number of carbonyl (C=O) groups excluding carboxylic acids is 2. The summed E-state index contributed by atoms with van der Waals surface area (Å²) < 4.78 is 5.25. The number of ether oxygens (including phenoxy) is 1. The van der Waals surface area contributed by atoms with Gasteiger partial charge in [-0.3, -0.25) is 14.8 Å². The van der Waals surface area contributed by atoms with E-state index in [0.29, 0.717) is 23.1 Å². The number of hydrogen-bond donors (Lipinski definition) is 1. The van der Waals surface area contributed by atoms with Gasteiger partial charge in [0.1, 0.15) is 0 Å². The van der Waals surface area contributed by atoms with Crippen LogP contribution in [0.5, 0.6) is 0 Å². The Hall–Kier alpha value is -3.28. The third-order valence-electron chi connectivity index (χ3n) is 3.91. The predicted molar refractivity (Wildman–Crippen MR) is 97.6 cm³/mol. The van der Waals surface area contributed by atoms with Gasteiger partial charge in [0, 0.05) is 18.9 Å². The van der Waals surface area contributed by atoms with E-state index in [-0.39, 0.29) is 5.91 Å². The molecule has 26 heavy (non-hydrogen) atoms. The monoisotopic (exact) mass is 349 g/mol. The molecule has 2 aromatic carbocycles. The minimum Gasteiger partial charge on any atom is -0.449 e. The van der Waals surface area contributed by atoms with Crippen LogP contribution in [0.3, 0.4) is 0 Å². The van der Waals surface area contributed by atoms with Crippen LogP contribution in [0, 0.1) is 0 Å². The summed E-state index contributed by atoms with van der Waals surface area (Å²) in [5.74, 6) is -0.891. The first-order valence-corrected chi connectivity index (χ1v) is 8.37. The largest absolute Gasteiger partial charge is 0.449 e. The highest BCUT2D eigenvalue weighted by atomic mass is 16.5. The average molecular weight is 349 g/mol. The zero-order valence-electron chi connectivity index (χ0n) is 14.4. The van der Waals surface area contributed by atoms with Gasteiger partial charge in [0.05, 0.1) is 16.6 Å². The third-order valence-corrected chi connectivity index (χ3v) is 3.91. The van der Waals surface area contributed by atoms with Crippen molar-refractivity contribution in [3.05, 3.63) is 72.1 Å². The van der Waals surface area contributed by atoms with Gasteiger partial charge in [-0.05, 0) is 37.1 Å². The van der Waals surface area contributed by atoms with Crippen LogP contribution in [-0.4, -0.2) is 34.5 Å². The second-order valence-electron chi connectivity index (χ2n) is 5.83. The highest BCUT2D eigenvalue weighted by Crippen LogP contribution is 2.12. The van der Waals surface area contributed by atoms with Gasteiger partial charge in [-0.15, -0.1) is 0 Å². The number of amides is 1. The lowest BCUT2D eigenvalue weighted by Gasteiger charge is -2.13. The average Bonchev–Trinajstić information content (AvgIpc) is 2.68. The highest BCUT2D eigenvalue weighted by Gasteiger charge is 2.19. The summed E-state index contributed by atoms with van der Waals surface area (Å²) in [4.78, 5) is 32.7. The van der Waals surface area contributed by atoms with Gasteiger partial charge in [0.15, 0.2) is 6.10 Å². The summed E-state index contributed by atoms with van der Waals surface area (Å²) >= 11 is 0. The van der Waals surface area contributed by atoms with Crippen LogP contribution >= 0.6 is 0 Å². The number of hydrogen-bond acceptors (Lipinski definition) is 5. The molecule has 0 aliphatic heterocycles. The molecule has 1 amide bonds. The van der Waals surface area contributed by atoms with Crippen molar-refractivity contribution >= 4 is 22.9 Å². The van der Waals surface area contributed by atoms with Crippen LogP contribution in [0.1, 0.15) is 22.8 Å². The van der Waals surface area contributed by atoms with E-state index in [1.54, 1.807) is 37.5 Å². The maximum absolute atomic E-state index is 12.2. The normalized spacial score (nSPS) is 11.7. The molecule has 1 aromatic heterocycles. The van der Waals surface area contributed by atoms with Crippen LogP contribution in [0.15, 0.2) is 60.9 Å². The second kappa shape index (κ2) is 8.20. The summed E-state index contributed by atoms with van der Waals surface area (Å²) in [5, 5.41) is 2.78. The van der Waals surface area contributed by atoms with Crippen molar-refractivity contribution in [2.75, 3.05) is 6.54 Å². The lowest BCUT2D eigenvalue weighted by molar-refractivity contribution is -0.129. The van der Waals surface area contributed by atoms with E-state index in [2.05, 4.69) is 15.3 Å². The molecule has 0 aliphatic rings. The first kappa shape index (κ1) is 17.5. The fourth-order valence-corrected chi connectivity index (χ4v) is 2.49. The van der Waals surface area contributed by atoms with Gasteiger partial charge in [-0.1, -0.05) is 30.3 Å². The van der Waals surface area contributed by atoms with Crippen LogP contribution in [0.4, 0.5) is 0 Å². The summed E-state index contributed by atoms with van der Waals surface area (Å²) in [6.45, 7) is 2.03. The fourth-order valence-electron chi connectivity index (χ4n) is 2.49. The molecule has 3 rings (SSSR count). The maximum Gasteiger partial charge on any atom is 0.338 e. The van der Waals surface area contributed by atoms with E-state index in [1.807, 2.05) is 30.3 Å². The molecular formula is C20H19N3O3. The zero-order chi connectivity index (χ0) is 18.4. The standard InChI is InChI=1S/C20H19N3O3/c1-14(19(24)23-10-9-15-5-3-2-4-6-15)26-20(25)16-7-8-17-18(13-16)22-12-11-21-17/h2-8,11-14H,9-10H2,1H3,(H,23,24)/t14-/m0/s1. The molecule has 0 saturated carbocycles. The highest BCUT2D eigenvalue weighted by molar-refractivity contribution is 5.95. The zero-order valence-corrected chi connectivity index (χ0v) is 14.4. The molecule has 132 valence electrons. The molecule has 6 heteroatoms.